The van der Waals surface area contributed by atoms with E-state index in [2.05, 4.69) is 158 Å². The van der Waals surface area contributed by atoms with Crippen LogP contribution in [0.1, 0.15) is 0 Å². The van der Waals surface area contributed by atoms with Crippen LogP contribution in [0.25, 0.3) is 87.7 Å². The average molecular weight is 644 g/mol. The summed E-state index contributed by atoms with van der Waals surface area (Å²) in [6.07, 6.45) is 0. The van der Waals surface area contributed by atoms with Crippen molar-refractivity contribution in [3.63, 3.8) is 0 Å². The standard InChI is InChI=1S/C45H29N3S/c1-3-14-30(15-4-1)32-18-11-20-34(28-32)43-46-44(48-45(47-43)38-23-8-7-22-36(38)31-16-5-2-6-17-31)35-21-12-19-33(29-35)37-25-13-27-41-42(37)39-24-9-10-26-40(39)49-41/h1-29H. The molecule has 7 aromatic carbocycles. The van der Waals surface area contributed by atoms with Crippen LogP contribution in [0.4, 0.5) is 0 Å². The number of benzene rings is 7. The van der Waals surface area contributed by atoms with Gasteiger partial charge in [-0.2, -0.15) is 0 Å². The zero-order chi connectivity index (χ0) is 32.6. The predicted octanol–water partition coefficient (Wildman–Crippen LogP) is 12.2. The minimum absolute atomic E-state index is 0.636. The third-order valence-electron chi connectivity index (χ3n) is 8.95. The molecule has 0 aliphatic heterocycles. The highest BCUT2D eigenvalue weighted by molar-refractivity contribution is 7.25. The van der Waals surface area contributed by atoms with Gasteiger partial charge in [0.25, 0.3) is 0 Å². The maximum atomic E-state index is 5.18. The Labute approximate surface area is 288 Å². The van der Waals surface area contributed by atoms with Gasteiger partial charge in [0, 0.05) is 36.9 Å². The maximum Gasteiger partial charge on any atom is 0.164 e. The molecule has 0 atom stereocenters. The van der Waals surface area contributed by atoms with Crippen molar-refractivity contribution in [3.05, 3.63) is 176 Å². The molecule has 0 unspecified atom stereocenters. The van der Waals surface area contributed by atoms with E-state index in [1.54, 1.807) is 0 Å². The first-order chi connectivity index (χ1) is 24.3. The fourth-order valence-corrected chi connectivity index (χ4v) is 7.74. The van der Waals surface area contributed by atoms with Crippen LogP contribution in [0.3, 0.4) is 0 Å². The summed E-state index contributed by atoms with van der Waals surface area (Å²) in [6.45, 7) is 0. The van der Waals surface area contributed by atoms with Crippen molar-refractivity contribution in [2.45, 2.75) is 0 Å². The SMILES string of the molecule is c1ccc(-c2cccc(-c3nc(-c4cccc(-c5cccc6sc7ccccc7c56)c4)nc(-c4ccccc4-c4ccccc4)n3)c2)cc1. The molecule has 0 bridgehead atoms. The average Bonchev–Trinajstić information content (AvgIpc) is 3.58. The molecular formula is C45H29N3S. The third-order valence-corrected chi connectivity index (χ3v) is 10.1. The first-order valence-corrected chi connectivity index (χ1v) is 17.2. The summed E-state index contributed by atoms with van der Waals surface area (Å²) in [7, 11) is 0. The Morgan fingerprint density at radius 1 is 0.306 bits per heavy atom. The Morgan fingerprint density at radius 3 is 1.55 bits per heavy atom. The molecule has 0 saturated carbocycles. The number of rotatable bonds is 6. The first kappa shape index (κ1) is 29.0. The molecule has 0 fully saturated rings. The van der Waals surface area contributed by atoms with Gasteiger partial charge in [0.05, 0.1) is 0 Å². The molecule has 9 aromatic rings. The van der Waals surface area contributed by atoms with Crippen molar-refractivity contribution in [2.75, 3.05) is 0 Å². The smallest absolute Gasteiger partial charge is 0.164 e. The van der Waals surface area contributed by atoms with Crippen molar-refractivity contribution in [1.29, 1.82) is 0 Å². The van der Waals surface area contributed by atoms with E-state index in [4.69, 9.17) is 15.0 Å². The van der Waals surface area contributed by atoms with Crippen LogP contribution < -0.4 is 0 Å². The van der Waals surface area contributed by atoms with E-state index in [9.17, 15) is 0 Å². The van der Waals surface area contributed by atoms with Crippen LogP contribution in [0.2, 0.25) is 0 Å². The number of thiophene rings is 1. The molecule has 2 heterocycles. The van der Waals surface area contributed by atoms with Gasteiger partial charge < -0.3 is 0 Å². The maximum absolute atomic E-state index is 5.18. The predicted molar refractivity (Wildman–Crippen MR) is 205 cm³/mol. The van der Waals surface area contributed by atoms with Crippen LogP contribution in [-0.2, 0) is 0 Å². The first-order valence-electron chi connectivity index (χ1n) is 16.4. The van der Waals surface area contributed by atoms with Gasteiger partial charge in [-0.25, -0.2) is 15.0 Å². The second-order valence-corrected chi connectivity index (χ2v) is 13.1. The van der Waals surface area contributed by atoms with Crippen LogP contribution in [-0.4, -0.2) is 15.0 Å². The van der Waals surface area contributed by atoms with Gasteiger partial charge in [0.15, 0.2) is 17.5 Å². The summed E-state index contributed by atoms with van der Waals surface area (Å²) < 4.78 is 2.58. The van der Waals surface area contributed by atoms with Crippen LogP contribution >= 0.6 is 11.3 Å². The molecule has 49 heavy (non-hydrogen) atoms. The van der Waals surface area contributed by atoms with E-state index in [1.807, 2.05) is 29.5 Å². The van der Waals surface area contributed by atoms with Crippen molar-refractivity contribution in [3.8, 4) is 67.5 Å². The molecule has 4 heteroatoms. The van der Waals surface area contributed by atoms with Gasteiger partial charge in [-0.05, 0) is 57.6 Å². The van der Waals surface area contributed by atoms with Gasteiger partial charge in [-0.1, -0.05) is 152 Å². The van der Waals surface area contributed by atoms with Crippen molar-refractivity contribution in [1.82, 2.24) is 15.0 Å². The Kier molecular flexibility index (Phi) is 7.34. The molecule has 2 aromatic heterocycles. The Hall–Kier alpha value is -6.23. The highest BCUT2D eigenvalue weighted by atomic mass is 32.1. The van der Waals surface area contributed by atoms with Crippen LogP contribution in [0, 0.1) is 0 Å². The monoisotopic (exact) mass is 643 g/mol. The molecule has 0 radical (unpaired) electrons. The summed E-state index contributed by atoms with van der Waals surface area (Å²) in [5.41, 5.74) is 9.63. The van der Waals surface area contributed by atoms with E-state index in [0.717, 1.165) is 44.5 Å². The van der Waals surface area contributed by atoms with Crippen molar-refractivity contribution >= 4 is 31.5 Å². The van der Waals surface area contributed by atoms with E-state index >= 15 is 0 Å². The summed E-state index contributed by atoms with van der Waals surface area (Å²) in [5.74, 6) is 1.91. The lowest BCUT2D eigenvalue weighted by atomic mass is 9.97. The largest absolute Gasteiger partial charge is 0.208 e. The van der Waals surface area contributed by atoms with Gasteiger partial charge in [-0.15, -0.1) is 11.3 Å². The third kappa shape index (κ3) is 5.48. The van der Waals surface area contributed by atoms with Crippen LogP contribution in [0.5, 0.6) is 0 Å². The Balaban J connectivity index is 1.24. The van der Waals surface area contributed by atoms with Crippen molar-refractivity contribution in [2.24, 2.45) is 0 Å². The molecule has 0 amide bonds. The molecule has 9 rings (SSSR count). The number of fused-ring (bicyclic) bond motifs is 3. The van der Waals surface area contributed by atoms with E-state index in [0.29, 0.717) is 17.5 Å². The molecule has 0 saturated heterocycles. The minimum Gasteiger partial charge on any atom is -0.208 e. The quantitative estimate of drug-likeness (QED) is 0.181. The van der Waals surface area contributed by atoms with E-state index in [-0.39, 0.29) is 0 Å². The lowest BCUT2D eigenvalue weighted by Gasteiger charge is -2.13. The van der Waals surface area contributed by atoms with Gasteiger partial charge in [0.2, 0.25) is 0 Å². The Morgan fingerprint density at radius 2 is 0.796 bits per heavy atom. The zero-order valence-electron chi connectivity index (χ0n) is 26.5. The summed E-state index contributed by atoms with van der Waals surface area (Å²) in [4.78, 5) is 15.5. The summed E-state index contributed by atoms with van der Waals surface area (Å²) in [6, 6.07) is 61.5. The molecule has 3 nitrogen and oxygen atoms in total. The van der Waals surface area contributed by atoms with Gasteiger partial charge in [-0.3, -0.25) is 0 Å². The van der Waals surface area contributed by atoms with E-state index in [1.165, 1.54) is 25.7 Å². The second-order valence-electron chi connectivity index (χ2n) is 12.0. The molecule has 230 valence electrons. The second kappa shape index (κ2) is 12.4. The number of hydrogen-bond donors (Lipinski definition) is 0. The van der Waals surface area contributed by atoms with Crippen LogP contribution in [0.15, 0.2) is 176 Å². The zero-order valence-corrected chi connectivity index (χ0v) is 27.3. The number of aromatic nitrogens is 3. The topological polar surface area (TPSA) is 38.7 Å². The lowest BCUT2D eigenvalue weighted by molar-refractivity contribution is 1.07. The van der Waals surface area contributed by atoms with Gasteiger partial charge >= 0.3 is 0 Å². The molecule has 0 aliphatic carbocycles. The fraction of sp³-hybridized carbons (Fsp3) is 0. The normalized spacial score (nSPS) is 11.3. The minimum atomic E-state index is 0.636. The molecule has 0 aliphatic rings. The van der Waals surface area contributed by atoms with Gasteiger partial charge in [0.1, 0.15) is 0 Å². The van der Waals surface area contributed by atoms with Crippen molar-refractivity contribution < 1.29 is 0 Å². The number of nitrogens with zero attached hydrogens (tertiary/aromatic N) is 3. The van der Waals surface area contributed by atoms with E-state index < -0.39 is 0 Å². The molecular weight excluding hydrogens is 615 g/mol. The summed E-state index contributed by atoms with van der Waals surface area (Å²) >= 11 is 1.84. The molecule has 0 spiro atoms. The lowest BCUT2D eigenvalue weighted by Crippen LogP contribution is -2.01. The summed E-state index contributed by atoms with van der Waals surface area (Å²) in [5, 5.41) is 2.57. The Bertz CT molecular complexity index is 2610. The molecule has 0 N–H and O–H groups in total. The fourth-order valence-electron chi connectivity index (χ4n) is 6.61. The highest BCUT2D eigenvalue weighted by Gasteiger charge is 2.17. The number of hydrogen-bond acceptors (Lipinski definition) is 4. The highest BCUT2D eigenvalue weighted by Crippen LogP contribution is 2.41.